The molecule has 1 aromatic heterocycles. The van der Waals surface area contributed by atoms with Crippen molar-refractivity contribution in [1.82, 2.24) is 10.3 Å². The number of benzene rings is 1. The number of rotatable bonds is 7. The molecule has 1 atom stereocenters. The van der Waals surface area contributed by atoms with Gasteiger partial charge in [0, 0.05) is 24.4 Å². The summed E-state index contributed by atoms with van der Waals surface area (Å²) in [6.45, 7) is 2.67. The number of carboxylic acids is 1. The minimum atomic E-state index is -1.02. The smallest absolute Gasteiger partial charge is 0.326 e. The van der Waals surface area contributed by atoms with Crippen molar-refractivity contribution in [1.29, 1.82) is 0 Å². The van der Waals surface area contributed by atoms with Gasteiger partial charge < -0.3 is 15.2 Å². The van der Waals surface area contributed by atoms with Gasteiger partial charge >= 0.3 is 5.97 Å². The summed E-state index contributed by atoms with van der Waals surface area (Å²) < 4.78 is 5.51. The highest BCUT2D eigenvalue weighted by atomic mass is 16.5. The zero-order valence-corrected chi connectivity index (χ0v) is 14.7. The van der Waals surface area contributed by atoms with Gasteiger partial charge in [-0.1, -0.05) is 25.8 Å². The van der Waals surface area contributed by atoms with Crippen LogP contribution in [0.4, 0.5) is 0 Å². The molecule has 0 aliphatic carbocycles. The second-order valence-corrected chi connectivity index (χ2v) is 6.39. The second-order valence-electron chi connectivity index (χ2n) is 6.39. The number of carbonyl (C=O) groups is 2. The van der Waals surface area contributed by atoms with Gasteiger partial charge in [0.1, 0.15) is 11.8 Å². The third-order valence-corrected chi connectivity index (χ3v) is 4.47. The number of pyridine rings is 1. The topological polar surface area (TPSA) is 88.5 Å². The number of nitrogens with zero attached hydrogens (tertiary/aromatic N) is 1. The van der Waals surface area contributed by atoms with Crippen molar-refractivity contribution in [3.8, 4) is 16.9 Å². The van der Waals surface area contributed by atoms with Crippen LogP contribution in [-0.2, 0) is 11.2 Å². The van der Waals surface area contributed by atoms with Gasteiger partial charge in [0.05, 0.1) is 12.2 Å². The molecule has 2 heterocycles. The lowest BCUT2D eigenvalue weighted by Crippen LogP contribution is -2.40. The zero-order chi connectivity index (χ0) is 18.5. The first-order chi connectivity index (χ1) is 12.6. The van der Waals surface area contributed by atoms with E-state index in [1.54, 1.807) is 12.3 Å². The number of ether oxygens (including phenoxy) is 1. The first-order valence-corrected chi connectivity index (χ1v) is 8.83. The molecule has 0 saturated carbocycles. The lowest BCUT2D eigenvalue weighted by Gasteiger charge is -2.14. The molecule has 2 aromatic rings. The molecule has 3 rings (SSSR count). The fourth-order valence-electron chi connectivity index (χ4n) is 3.00. The van der Waals surface area contributed by atoms with Crippen molar-refractivity contribution in [3.05, 3.63) is 47.8 Å². The van der Waals surface area contributed by atoms with Crippen LogP contribution < -0.4 is 10.1 Å². The largest absolute Gasteiger partial charge is 0.493 e. The Morgan fingerprint density at radius 2 is 2.12 bits per heavy atom. The van der Waals surface area contributed by atoms with Crippen molar-refractivity contribution in [2.24, 2.45) is 0 Å². The molecule has 136 valence electrons. The summed E-state index contributed by atoms with van der Waals surface area (Å²) in [6, 6.07) is 6.75. The van der Waals surface area contributed by atoms with Crippen LogP contribution in [0.1, 0.15) is 42.1 Å². The molecule has 1 aliphatic rings. The summed E-state index contributed by atoms with van der Waals surface area (Å²) in [6.07, 6.45) is 6.05. The van der Waals surface area contributed by atoms with Crippen LogP contribution in [0.3, 0.4) is 0 Å². The molecule has 1 aliphatic heterocycles. The summed E-state index contributed by atoms with van der Waals surface area (Å²) in [7, 11) is 0. The quantitative estimate of drug-likeness (QED) is 0.798. The maximum Gasteiger partial charge on any atom is 0.326 e. The van der Waals surface area contributed by atoms with Crippen molar-refractivity contribution >= 4 is 11.9 Å². The lowest BCUT2D eigenvalue weighted by molar-refractivity contribution is -0.139. The fourth-order valence-corrected chi connectivity index (χ4v) is 3.00. The standard InChI is InChI=1S/C20H22N2O4/c1-2-3-4-17(20(24)25)22-19(23)16-10-15(11-21-12-16)13-5-6-18-14(9-13)7-8-26-18/h5-6,9-12,17H,2-4,7-8H2,1H3,(H,22,23)(H,24,25). The van der Waals surface area contributed by atoms with E-state index in [2.05, 4.69) is 10.3 Å². The lowest BCUT2D eigenvalue weighted by atomic mass is 10.0. The Labute approximate surface area is 152 Å². The van der Waals surface area contributed by atoms with Crippen LogP contribution in [0.2, 0.25) is 0 Å². The SMILES string of the molecule is CCCCC(NC(=O)c1cncc(-c2ccc3c(c2)CCO3)c1)C(=O)O. The summed E-state index contributed by atoms with van der Waals surface area (Å²) in [5.41, 5.74) is 3.26. The minimum absolute atomic E-state index is 0.349. The molecule has 26 heavy (non-hydrogen) atoms. The molecular formula is C20H22N2O4. The van der Waals surface area contributed by atoms with E-state index in [4.69, 9.17) is 4.74 Å². The average molecular weight is 354 g/mol. The van der Waals surface area contributed by atoms with E-state index in [1.807, 2.05) is 25.1 Å². The molecule has 2 N–H and O–H groups in total. The van der Waals surface area contributed by atoms with Gasteiger partial charge in [-0.15, -0.1) is 0 Å². The van der Waals surface area contributed by atoms with Crippen LogP contribution in [0.25, 0.3) is 11.1 Å². The average Bonchev–Trinajstić information content (AvgIpc) is 3.12. The number of carbonyl (C=O) groups excluding carboxylic acids is 1. The van der Waals surface area contributed by atoms with E-state index in [9.17, 15) is 14.7 Å². The van der Waals surface area contributed by atoms with Gasteiger partial charge in [0.25, 0.3) is 5.91 Å². The number of hydrogen-bond donors (Lipinski definition) is 2. The number of aliphatic carboxylic acids is 1. The second kappa shape index (κ2) is 7.99. The number of aromatic nitrogens is 1. The molecule has 1 aromatic carbocycles. The highest BCUT2D eigenvalue weighted by molar-refractivity contribution is 5.97. The number of fused-ring (bicyclic) bond motifs is 1. The number of hydrogen-bond acceptors (Lipinski definition) is 4. The highest BCUT2D eigenvalue weighted by Gasteiger charge is 2.20. The van der Waals surface area contributed by atoms with E-state index in [-0.39, 0.29) is 0 Å². The maximum absolute atomic E-state index is 12.5. The van der Waals surface area contributed by atoms with Crippen LogP contribution in [0.5, 0.6) is 5.75 Å². The Kier molecular flexibility index (Phi) is 5.51. The first kappa shape index (κ1) is 17.9. The summed E-state index contributed by atoms with van der Waals surface area (Å²) in [5, 5.41) is 11.9. The van der Waals surface area contributed by atoms with E-state index in [0.717, 1.165) is 41.7 Å². The Balaban J connectivity index is 1.78. The molecule has 1 unspecified atom stereocenters. The number of carboxylic acid groups (broad SMARTS) is 1. The van der Waals surface area contributed by atoms with Crippen LogP contribution in [-0.4, -0.2) is 34.6 Å². The normalized spacial score (nSPS) is 13.6. The molecule has 6 heteroatoms. The summed E-state index contributed by atoms with van der Waals surface area (Å²) >= 11 is 0. The van der Waals surface area contributed by atoms with E-state index < -0.39 is 17.9 Å². The molecule has 6 nitrogen and oxygen atoms in total. The molecular weight excluding hydrogens is 332 g/mol. The Morgan fingerprint density at radius 1 is 1.27 bits per heavy atom. The highest BCUT2D eigenvalue weighted by Crippen LogP contribution is 2.30. The van der Waals surface area contributed by atoms with Gasteiger partial charge in [-0.3, -0.25) is 9.78 Å². The maximum atomic E-state index is 12.5. The van der Waals surface area contributed by atoms with Gasteiger partial charge in [0.15, 0.2) is 0 Å². The predicted octanol–water partition coefficient (Wildman–Crippen LogP) is 3.06. The minimum Gasteiger partial charge on any atom is -0.493 e. The Hall–Kier alpha value is -2.89. The molecule has 0 radical (unpaired) electrons. The number of unbranched alkanes of at least 4 members (excludes halogenated alkanes) is 1. The van der Waals surface area contributed by atoms with Gasteiger partial charge in [0.2, 0.25) is 0 Å². The van der Waals surface area contributed by atoms with Crippen LogP contribution >= 0.6 is 0 Å². The Morgan fingerprint density at radius 3 is 2.88 bits per heavy atom. The number of nitrogens with one attached hydrogen (secondary N) is 1. The third kappa shape index (κ3) is 4.02. The van der Waals surface area contributed by atoms with Crippen LogP contribution in [0, 0.1) is 0 Å². The van der Waals surface area contributed by atoms with Gasteiger partial charge in [-0.25, -0.2) is 4.79 Å². The zero-order valence-electron chi connectivity index (χ0n) is 14.7. The molecule has 0 bridgehead atoms. The monoisotopic (exact) mass is 354 g/mol. The van der Waals surface area contributed by atoms with Crippen molar-refractivity contribution < 1.29 is 19.4 Å². The van der Waals surface area contributed by atoms with E-state index in [0.29, 0.717) is 18.6 Å². The molecule has 0 fully saturated rings. The molecule has 0 spiro atoms. The molecule has 0 saturated heterocycles. The van der Waals surface area contributed by atoms with Crippen LogP contribution in [0.15, 0.2) is 36.7 Å². The fraction of sp³-hybridized carbons (Fsp3) is 0.350. The van der Waals surface area contributed by atoms with Crippen molar-refractivity contribution in [2.45, 2.75) is 38.6 Å². The van der Waals surface area contributed by atoms with Crippen molar-refractivity contribution in [2.75, 3.05) is 6.61 Å². The Bertz CT molecular complexity index is 819. The van der Waals surface area contributed by atoms with E-state index in [1.165, 1.54) is 6.20 Å². The van der Waals surface area contributed by atoms with Crippen molar-refractivity contribution in [3.63, 3.8) is 0 Å². The predicted molar refractivity (Wildman–Crippen MR) is 97.3 cm³/mol. The van der Waals surface area contributed by atoms with Gasteiger partial charge in [-0.2, -0.15) is 0 Å². The summed E-state index contributed by atoms with van der Waals surface area (Å²) in [4.78, 5) is 27.9. The first-order valence-electron chi connectivity index (χ1n) is 8.83. The number of amides is 1. The summed E-state index contributed by atoms with van der Waals surface area (Å²) in [5.74, 6) is -0.544. The molecule has 1 amide bonds. The third-order valence-electron chi connectivity index (χ3n) is 4.47. The van der Waals surface area contributed by atoms with E-state index >= 15 is 0 Å². The van der Waals surface area contributed by atoms with Gasteiger partial charge in [-0.05, 0) is 35.7 Å².